The first-order valence-corrected chi connectivity index (χ1v) is 14.7. The van der Waals surface area contributed by atoms with Crippen LogP contribution >= 0.6 is 0 Å². The van der Waals surface area contributed by atoms with Gasteiger partial charge in [-0.3, -0.25) is 0 Å². The number of nitrogens with zero attached hydrogens (tertiary/aromatic N) is 2. The second-order valence-electron chi connectivity index (χ2n) is 9.77. The van der Waals surface area contributed by atoms with Gasteiger partial charge in [0.05, 0.1) is 25.3 Å². The van der Waals surface area contributed by atoms with Crippen LogP contribution in [0, 0.1) is 18.3 Å². The Labute approximate surface area is 195 Å². The van der Waals surface area contributed by atoms with Crippen LogP contribution in [0.15, 0.2) is 77.3 Å². The summed E-state index contributed by atoms with van der Waals surface area (Å²) in [7, 11) is 0.669. The monoisotopic (exact) mass is 447 g/mol. The molecule has 0 N–H and O–H groups in total. The molecule has 3 nitrogen and oxygen atoms in total. The number of rotatable bonds is 3. The molecule has 5 rings (SSSR count). The summed E-state index contributed by atoms with van der Waals surface area (Å²) in [6.45, 7) is 9.14. The normalized spacial score (nSPS) is 11.8. The molecule has 3 aromatic carbocycles. The molecule has 0 amide bonds. The number of aromatic nitrogens is 1. The van der Waals surface area contributed by atoms with E-state index in [2.05, 4.69) is 79.7 Å². The lowest BCUT2D eigenvalue weighted by Gasteiger charge is -2.17. The Kier molecular flexibility index (Phi) is 4.95. The Morgan fingerprint density at radius 3 is 2.33 bits per heavy atom. The van der Waals surface area contributed by atoms with Crippen LogP contribution in [0.4, 0.5) is 0 Å². The predicted molar refractivity (Wildman–Crippen MR) is 138 cm³/mol. The van der Waals surface area contributed by atoms with Crippen LogP contribution in [0.3, 0.4) is 0 Å². The minimum atomic E-state index is -1.38. The topological polar surface area (TPSA) is 40.8 Å². The molecule has 162 valence electrons. The van der Waals surface area contributed by atoms with Crippen molar-refractivity contribution in [1.29, 1.82) is 5.26 Å². The number of pyridine rings is 1. The highest BCUT2D eigenvalue weighted by atomic mass is 28.3. The molecule has 5 aromatic rings. The van der Waals surface area contributed by atoms with Crippen LogP contribution < -0.4 is 9.75 Å². The molecule has 0 aliphatic rings. The highest BCUT2D eigenvalue weighted by Gasteiger charge is 2.22. The van der Waals surface area contributed by atoms with E-state index in [4.69, 9.17) is 4.42 Å². The predicted octanol–water partition coefficient (Wildman–Crippen LogP) is 6.47. The maximum Gasteiger partial charge on any atom is 0.216 e. The zero-order valence-corrected chi connectivity index (χ0v) is 20.7. The Bertz CT molecular complexity index is 1560. The van der Waals surface area contributed by atoms with Crippen molar-refractivity contribution in [2.75, 3.05) is 0 Å². The maximum absolute atomic E-state index is 9.97. The molecule has 2 aromatic heterocycles. The third-order valence-corrected chi connectivity index (χ3v) is 8.55. The second-order valence-corrected chi connectivity index (χ2v) is 14.8. The SMILES string of the molecule is Cc1ccc2c(oc3cc(-c4ccc([Si](C)(C)C)cc4)c(C#N)cc32)c1-c1cccc[n+]1C. The third-order valence-electron chi connectivity index (χ3n) is 6.48. The molecule has 0 radical (unpaired) electrons. The molecule has 0 aliphatic carbocycles. The summed E-state index contributed by atoms with van der Waals surface area (Å²) in [5.41, 5.74) is 7.63. The number of aryl methyl sites for hydroxylation is 2. The molecular formula is C29H27N2OSi+. The Morgan fingerprint density at radius 1 is 0.909 bits per heavy atom. The van der Waals surface area contributed by atoms with Gasteiger partial charge in [-0.1, -0.05) is 61.2 Å². The van der Waals surface area contributed by atoms with Gasteiger partial charge in [0.1, 0.15) is 18.2 Å². The third kappa shape index (κ3) is 3.55. The largest absolute Gasteiger partial charge is 0.455 e. The summed E-state index contributed by atoms with van der Waals surface area (Å²) >= 11 is 0. The second kappa shape index (κ2) is 7.72. The average Bonchev–Trinajstić information content (AvgIpc) is 3.15. The Morgan fingerprint density at radius 2 is 1.67 bits per heavy atom. The van der Waals surface area contributed by atoms with Gasteiger partial charge in [-0.2, -0.15) is 5.26 Å². The van der Waals surface area contributed by atoms with Crippen molar-refractivity contribution < 1.29 is 8.98 Å². The number of benzene rings is 3. The summed E-state index contributed by atoms with van der Waals surface area (Å²) in [6, 6.07) is 25.5. The first-order valence-electron chi connectivity index (χ1n) is 11.2. The highest BCUT2D eigenvalue weighted by molar-refractivity contribution is 6.88. The van der Waals surface area contributed by atoms with Gasteiger partial charge in [-0.05, 0) is 36.2 Å². The molecule has 0 aliphatic heterocycles. The highest BCUT2D eigenvalue weighted by Crippen LogP contribution is 2.39. The summed E-state index contributed by atoms with van der Waals surface area (Å²) in [4.78, 5) is 0. The first kappa shape index (κ1) is 21.2. The van der Waals surface area contributed by atoms with E-state index >= 15 is 0 Å². The molecule has 0 bridgehead atoms. The van der Waals surface area contributed by atoms with E-state index in [0.29, 0.717) is 5.56 Å². The smallest absolute Gasteiger partial charge is 0.216 e. The lowest BCUT2D eigenvalue weighted by Crippen LogP contribution is -2.37. The van der Waals surface area contributed by atoms with Gasteiger partial charge in [-0.25, -0.2) is 4.57 Å². The quantitative estimate of drug-likeness (QED) is 0.235. The van der Waals surface area contributed by atoms with Gasteiger partial charge in [0.25, 0.3) is 0 Å². The van der Waals surface area contributed by atoms with Crippen LogP contribution in [0.2, 0.25) is 19.6 Å². The number of hydrogen-bond donors (Lipinski definition) is 0. The van der Waals surface area contributed by atoms with Crippen molar-refractivity contribution in [2.45, 2.75) is 26.6 Å². The lowest BCUT2D eigenvalue weighted by atomic mass is 9.96. The van der Waals surface area contributed by atoms with Gasteiger partial charge in [-0.15, -0.1) is 0 Å². The van der Waals surface area contributed by atoms with E-state index < -0.39 is 8.07 Å². The average molecular weight is 448 g/mol. The van der Waals surface area contributed by atoms with Crippen molar-refractivity contribution in [2.24, 2.45) is 7.05 Å². The van der Waals surface area contributed by atoms with Crippen LogP contribution in [0.5, 0.6) is 0 Å². The standard InChI is InChI=1S/C29H27N2OSi/c1-19-9-14-23-25-16-21(18-30)24(20-10-12-22(13-11-20)33(3,4)5)17-27(25)32-29(23)28(19)26-8-6-7-15-31(26)2/h6-17H,1-5H3/q+1. The molecule has 33 heavy (non-hydrogen) atoms. The summed E-state index contributed by atoms with van der Waals surface area (Å²) < 4.78 is 8.61. The minimum Gasteiger partial charge on any atom is -0.455 e. The molecular weight excluding hydrogens is 420 g/mol. The Balaban J connectivity index is 1.76. The van der Waals surface area contributed by atoms with Crippen LogP contribution in [0.1, 0.15) is 11.1 Å². The minimum absolute atomic E-state index is 0.665. The summed E-state index contributed by atoms with van der Waals surface area (Å²) in [6.07, 6.45) is 2.05. The Hall–Kier alpha value is -3.68. The number of fused-ring (bicyclic) bond motifs is 3. The van der Waals surface area contributed by atoms with Crippen molar-refractivity contribution in [3.8, 4) is 28.5 Å². The number of furan rings is 1. The van der Waals surface area contributed by atoms with Gasteiger partial charge in [0.2, 0.25) is 5.69 Å². The lowest BCUT2D eigenvalue weighted by molar-refractivity contribution is -0.660. The molecule has 0 saturated carbocycles. The molecule has 4 heteroatoms. The van der Waals surface area contributed by atoms with E-state index in [0.717, 1.165) is 49.9 Å². The number of hydrogen-bond acceptors (Lipinski definition) is 2. The number of nitriles is 1. The zero-order chi connectivity index (χ0) is 23.3. The molecule has 0 atom stereocenters. The molecule has 0 saturated heterocycles. The molecule has 0 unspecified atom stereocenters. The molecule has 0 spiro atoms. The van der Waals surface area contributed by atoms with Gasteiger partial charge < -0.3 is 4.42 Å². The summed E-state index contributed by atoms with van der Waals surface area (Å²) in [5.74, 6) is 0. The van der Waals surface area contributed by atoms with Gasteiger partial charge in [0.15, 0.2) is 6.20 Å². The molecule has 0 fully saturated rings. The fraction of sp³-hybridized carbons (Fsp3) is 0.172. The van der Waals surface area contributed by atoms with Crippen LogP contribution in [-0.2, 0) is 7.05 Å². The zero-order valence-electron chi connectivity index (χ0n) is 19.7. The van der Waals surface area contributed by atoms with E-state index in [1.165, 1.54) is 5.19 Å². The van der Waals surface area contributed by atoms with Crippen molar-refractivity contribution in [3.63, 3.8) is 0 Å². The van der Waals surface area contributed by atoms with E-state index in [1.54, 1.807) is 0 Å². The summed E-state index contributed by atoms with van der Waals surface area (Å²) in [5, 5.41) is 13.4. The maximum atomic E-state index is 9.97. The van der Waals surface area contributed by atoms with E-state index in [9.17, 15) is 5.26 Å². The van der Waals surface area contributed by atoms with Gasteiger partial charge in [0, 0.05) is 28.5 Å². The fourth-order valence-electron chi connectivity index (χ4n) is 4.57. The van der Waals surface area contributed by atoms with Crippen LogP contribution in [-0.4, -0.2) is 8.07 Å². The first-order chi connectivity index (χ1) is 15.8. The van der Waals surface area contributed by atoms with Crippen molar-refractivity contribution >= 4 is 35.2 Å². The van der Waals surface area contributed by atoms with Gasteiger partial charge >= 0.3 is 0 Å². The molecule has 2 heterocycles. The van der Waals surface area contributed by atoms with Crippen LogP contribution in [0.25, 0.3) is 44.3 Å². The van der Waals surface area contributed by atoms with Crippen molar-refractivity contribution in [1.82, 2.24) is 0 Å². The fourth-order valence-corrected chi connectivity index (χ4v) is 5.73. The van der Waals surface area contributed by atoms with Crippen molar-refractivity contribution in [3.05, 3.63) is 84.1 Å². The van der Waals surface area contributed by atoms with E-state index in [-0.39, 0.29) is 0 Å². The van der Waals surface area contributed by atoms with E-state index in [1.807, 2.05) is 37.5 Å².